The van der Waals surface area contributed by atoms with Crippen LogP contribution in [0.2, 0.25) is 0 Å². The number of hydrogen-bond acceptors (Lipinski definition) is 6. The SMILES string of the molecule is CC(C)O.CC(C)O.CCCCCC(O)O.CCCCCC(O)O.[Ti]. The molecule has 6 nitrogen and oxygen atoms in total. The first kappa shape index (κ1) is 36.4. The Morgan fingerprint density at radius 3 is 0.840 bits per heavy atom. The summed E-state index contributed by atoms with van der Waals surface area (Å²) >= 11 is 0. The number of rotatable bonds is 8. The summed E-state index contributed by atoms with van der Waals surface area (Å²) in [5, 5.41) is 49.4. The van der Waals surface area contributed by atoms with Crippen molar-refractivity contribution >= 4 is 0 Å². The minimum atomic E-state index is -1.10. The zero-order valence-electron chi connectivity index (χ0n) is 17.1. The molecule has 0 saturated carbocycles. The quantitative estimate of drug-likeness (QED) is 0.210. The van der Waals surface area contributed by atoms with Gasteiger partial charge in [0.25, 0.3) is 0 Å². The van der Waals surface area contributed by atoms with Crippen LogP contribution in [0, 0.1) is 0 Å². The second-order valence-corrected chi connectivity index (χ2v) is 6.14. The van der Waals surface area contributed by atoms with E-state index in [1.807, 2.05) is 0 Å². The Labute approximate surface area is 170 Å². The van der Waals surface area contributed by atoms with Crippen molar-refractivity contribution < 1.29 is 52.4 Å². The summed E-state index contributed by atoms with van der Waals surface area (Å²) in [7, 11) is 0. The minimum Gasteiger partial charge on any atom is -0.394 e. The molecule has 0 bridgehead atoms. The van der Waals surface area contributed by atoms with Crippen LogP contribution < -0.4 is 0 Å². The van der Waals surface area contributed by atoms with Crippen LogP contribution in [-0.2, 0) is 21.7 Å². The van der Waals surface area contributed by atoms with E-state index in [1.165, 1.54) is 0 Å². The molecule has 156 valence electrons. The standard InChI is InChI=1S/2C6H14O2.2C3H8O.Ti/c2*1-2-3-4-5-6(7)8;2*1-3(2)4;/h2*6-8H,2-5H2,1H3;2*3-4H,1-2H3;. The average molecular weight is 404 g/mol. The summed E-state index contributed by atoms with van der Waals surface area (Å²) < 4.78 is 0. The van der Waals surface area contributed by atoms with E-state index in [0.29, 0.717) is 12.8 Å². The van der Waals surface area contributed by atoms with Gasteiger partial charge in [0.1, 0.15) is 0 Å². The first-order chi connectivity index (χ1) is 11.0. The molecule has 0 amide bonds. The number of hydrogen-bond donors (Lipinski definition) is 6. The maximum Gasteiger partial charge on any atom is 0.151 e. The second-order valence-electron chi connectivity index (χ2n) is 6.14. The van der Waals surface area contributed by atoms with Gasteiger partial charge in [-0.2, -0.15) is 0 Å². The average Bonchev–Trinajstić information content (AvgIpc) is 2.38. The van der Waals surface area contributed by atoms with Crippen molar-refractivity contribution in [3.63, 3.8) is 0 Å². The number of unbranched alkanes of at least 4 members (excludes halogenated alkanes) is 4. The Morgan fingerprint density at radius 2 is 0.720 bits per heavy atom. The van der Waals surface area contributed by atoms with Crippen LogP contribution in [-0.4, -0.2) is 55.4 Å². The van der Waals surface area contributed by atoms with Crippen molar-refractivity contribution in [2.45, 2.75) is 118 Å². The summed E-state index contributed by atoms with van der Waals surface area (Å²) in [4.78, 5) is 0. The van der Waals surface area contributed by atoms with E-state index < -0.39 is 12.6 Å². The van der Waals surface area contributed by atoms with Crippen molar-refractivity contribution in [2.24, 2.45) is 0 Å². The van der Waals surface area contributed by atoms with Gasteiger partial charge in [0.05, 0.1) is 0 Å². The molecule has 0 aromatic rings. The minimum absolute atomic E-state index is 0. The van der Waals surface area contributed by atoms with Crippen molar-refractivity contribution in [2.75, 3.05) is 0 Å². The largest absolute Gasteiger partial charge is 0.394 e. The van der Waals surface area contributed by atoms with Gasteiger partial charge in [-0.3, -0.25) is 0 Å². The van der Waals surface area contributed by atoms with Crippen LogP contribution in [0.1, 0.15) is 92.9 Å². The molecule has 0 aliphatic rings. The molecule has 25 heavy (non-hydrogen) atoms. The van der Waals surface area contributed by atoms with Crippen molar-refractivity contribution in [1.82, 2.24) is 0 Å². The molecule has 0 unspecified atom stereocenters. The van der Waals surface area contributed by atoms with Crippen molar-refractivity contribution in [3.8, 4) is 0 Å². The fourth-order valence-corrected chi connectivity index (χ4v) is 1.15. The molecule has 0 fully saturated rings. The molecule has 0 rings (SSSR count). The van der Waals surface area contributed by atoms with E-state index in [0.717, 1.165) is 38.5 Å². The van der Waals surface area contributed by atoms with Gasteiger partial charge in [-0.05, 0) is 53.4 Å². The molecule has 6 N–H and O–H groups in total. The normalized spacial score (nSPS) is 9.60. The van der Waals surface area contributed by atoms with E-state index >= 15 is 0 Å². The summed E-state index contributed by atoms with van der Waals surface area (Å²) in [6, 6.07) is 0. The second kappa shape index (κ2) is 32.2. The van der Waals surface area contributed by atoms with Gasteiger partial charge in [-0.25, -0.2) is 0 Å². The Balaban J connectivity index is -0.0000000739. The summed E-state index contributed by atoms with van der Waals surface area (Å²) in [5.41, 5.74) is 0. The maximum atomic E-state index is 8.33. The van der Waals surface area contributed by atoms with E-state index in [4.69, 9.17) is 30.6 Å². The van der Waals surface area contributed by atoms with Gasteiger partial charge < -0.3 is 30.6 Å². The van der Waals surface area contributed by atoms with Crippen molar-refractivity contribution in [1.29, 1.82) is 0 Å². The monoisotopic (exact) mass is 404 g/mol. The molecule has 0 spiro atoms. The van der Waals surface area contributed by atoms with Gasteiger partial charge >= 0.3 is 0 Å². The van der Waals surface area contributed by atoms with E-state index in [9.17, 15) is 0 Å². The van der Waals surface area contributed by atoms with Crippen LogP contribution in [0.5, 0.6) is 0 Å². The Bertz CT molecular complexity index is 165. The smallest absolute Gasteiger partial charge is 0.151 e. The van der Waals surface area contributed by atoms with Crippen LogP contribution in [0.15, 0.2) is 0 Å². The Kier molecular flexibility index (Phi) is 46.8. The van der Waals surface area contributed by atoms with Gasteiger partial charge in [0, 0.05) is 33.9 Å². The third-order valence-electron chi connectivity index (χ3n) is 2.13. The molecule has 0 heterocycles. The molecule has 0 radical (unpaired) electrons. The van der Waals surface area contributed by atoms with Gasteiger partial charge in [-0.15, -0.1) is 0 Å². The molecule has 0 aromatic carbocycles. The fraction of sp³-hybridized carbons (Fsp3) is 1.00. The first-order valence-electron chi connectivity index (χ1n) is 9.09. The molecule has 0 aromatic heterocycles. The molecule has 0 aliphatic heterocycles. The predicted molar refractivity (Wildman–Crippen MR) is 99.4 cm³/mol. The van der Waals surface area contributed by atoms with Crippen LogP contribution >= 0.6 is 0 Å². The van der Waals surface area contributed by atoms with Crippen LogP contribution in [0.4, 0.5) is 0 Å². The summed E-state index contributed by atoms with van der Waals surface area (Å²) in [5.74, 6) is 0. The topological polar surface area (TPSA) is 121 Å². The Hall–Kier alpha value is 0.474. The van der Waals surface area contributed by atoms with Gasteiger partial charge in [0.15, 0.2) is 12.6 Å². The number of aliphatic hydroxyl groups excluding tert-OH is 4. The van der Waals surface area contributed by atoms with E-state index in [2.05, 4.69) is 13.8 Å². The van der Waals surface area contributed by atoms with Gasteiger partial charge in [-0.1, -0.05) is 39.5 Å². The van der Waals surface area contributed by atoms with Crippen molar-refractivity contribution in [3.05, 3.63) is 0 Å². The third-order valence-corrected chi connectivity index (χ3v) is 2.13. The summed E-state index contributed by atoms with van der Waals surface area (Å²) in [6.45, 7) is 11.1. The van der Waals surface area contributed by atoms with Crippen LogP contribution in [0.25, 0.3) is 0 Å². The van der Waals surface area contributed by atoms with Gasteiger partial charge in [0.2, 0.25) is 0 Å². The molecule has 0 atom stereocenters. The third kappa shape index (κ3) is 113. The maximum absolute atomic E-state index is 8.33. The zero-order chi connectivity index (χ0) is 20.0. The van der Waals surface area contributed by atoms with E-state index in [-0.39, 0.29) is 33.9 Å². The summed E-state index contributed by atoms with van der Waals surface area (Å²) in [6.07, 6.45) is 4.82. The van der Waals surface area contributed by atoms with E-state index in [1.54, 1.807) is 27.7 Å². The van der Waals surface area contributed by atoms with Crippen LogP contribution in [0.3, 0.4) is 0 Å². The molecule has 0 saturated heterocycles. The molecule has 7 heteroatoms. The fourth-order valence-electron chi connectivity index (χ4n) is 1.15. The predicted octanol–water partition coefficient (Wildman–Crippen LogP) is 2.53. The molecular weight excluding hydrogens is 360 g/mol. The molecular formula is C18H44O6Ti. The number of aliphatic hydroxyl groups is 6. The molecule has 0 aliphatic carbocycles. The zero-order valence-corrected chi connectivity index (χ0v) is 18.7. The first-order valence-corrected chi connectivity index (χ1v) is 9.09. The Morgan fingerprint density at radius 1 is 0.520 bits per heavy atom.